The Morgan fingerprint density at radius 1 is 1.15 bits per heavy atom. The lowest BCUT2D eigenvalue weighted by atomic mass is 9.98. The predicted octanol–water partition coefficient (Wildman–Crippen LogP) is 3.60. The zero-order chi connectivity index (χ0) is 19.4. The van der Waals surface area contributed by atoms with E-state index in [9.17, 15) is 10.0 Å². The topological polar surface area (TPSA) is 80.6 Å². The molecule has 2 aromatic carbocycles. The normalized spacial score (nSPS) is 14.6. The van der Waals surface area contributed by atoms with Crippen LogP contribution in [0.5, 0.6) is 11.5 Å². The Bertz CT molecular complexity index is 861. The molecule has 27 heavy (non-hydrogen) atoms. The summed E-state index contributed by atoms with van der Waals surface area (Å²) in [6.45, 7) is 2.74. The van der Waals surface area contributed by atoms with Crippen molar-refractivity contribution in [2.24, 2.45) is 5.16 Å². The summed E-state index contributed by atoms with van der Waals surface area (Å²) in [7, 11) is 3.14. The zero-order valence-corrected chi connectivity index (χ0v) is 15.6. The van der Waals surface area contributed by atoms with Crippen LogP contribution in [-0.2, 0) is 4.74 Å². The highest BCUT2D eigenvalue weighted by Crippen LogP contribution is 2.41. The molecule has 0 aliphatic carbocycles. The van der Waals surface area contributed by atoms with Gasteiger partial charge in [-0.05, 0) is 37.3 Å². The number of fused-ring (bicyclic) bond motifs is 1. The molecule has 7 nitrogen and oxygen atoms in total. The van der Waals surface area contributed by atoms with Crippen LogP contribution in [0.1, 0.15) is 29.3 Å². The van der Waals surface area contributed by atoms with E-state index < -0.39 is 0 Å². The summed E-state index contributed by atoms with van der Waals surface area (Å²) < 4.78 is 15.8. The quantitative estimate of drug-likeness (QED) is 0.492. The first-order valence-electron chi connectivity index (χ1n) is 8.65. The summed E-state index contributed by atoms with van der Waals surface area (Å²) in [6, 6.07) is 10.9. The van der Waals surface area contributed by atoms with E-state index in [0.29, 0.717) is 42.3 Å². The van der Waals surface area contributed by atoms with Crippen LogP contribution in [0.4, 0.5) is 11.4 Å². The molecule has 0 atom stereocenters. The molecule has 2 aromatic rings. The second-order valence-corrected chi connectivity index (χ2v) is 5.94. The summed E-state index contributed by atoms with van der Waals surface area (Å²) in [5.74, 6) is 0.810. The maximum absolute atomic E-state index is 11.9. The van der Waals surface area contributed by atoms with Crippen molar-refractivity contribution in [2.45, 2.75) is 13.3 Å². The first kappa shape index (κ1) is 18.6. The minimum atomic E-state index is -0.343. The van der Waals surface area contributed by atoms with Gasteiger partial charge in [0.25, 0.3) is 0 Å². The zero-order valence-electron chi connectivity index (χ0n) is 15.6. The van der Waals surface area contributed by atoms with Crippen molar-refractivity contribution in [1.82, 2.24) is 0 Å². The van der Waals surface area contributed by atoms with Crippen molar-refractivity contribution in [1.29, 1.82) is 0 Å². The number of carbonyl (C=O) groups is 1. The lowest BCUT2D eigenvalue weighted by Crippen LogP contribution is -2.28. The summed E-state index contributed by atoms with van der Waals surface area (Å²) in [5, 5.41) is 12.8. The van der Waals surface area contributed by atoms with Crippen LogP contribution in [0.3, 0.4) is 0 Å². The molecule has 0 aromatic heterocycles. The van der Waals surface area contributed by atoms with Crippen LogP contribution in [0.15, 0.2) is 41.6 Å². The van der Waals surface area contributed by atoms with Crippen molar-refractivity contribution < 1.29 is 24.2 Å². The number of carbonyl (C=O) groups excluding carboxylic acids is 1. The van der Waals surface area contributed by atoms with E-state index in [1.807, 2.05) is 24.3 Å². The highest BCUT2D eigenvalue weighted by molar-refractivity contribution is 6.08. The maximum Gasteiger partial charge on any atom is 0.338 e. The number of oxime groups is 1. The molecule has 3 rings (SSSR count). The average Bonchev–Trinajstić information content (AvgIpc) is 2.72. The fraction of sp³-hybridized carbons (Fsp3) is 0.300. The second-order valence-electron chi connectivity index (χ2n) is 5.94. The van der Waals surface area contributed by atoms with Crippen molar-refractivity contribution in [2.75, 3.05) is 32.3 Å². The number of ether oxygens (including phenoxy) is 3. The van der Waals surface area contributed by atoms with Crippen LogP contribution in [0.2, 0.25) is 0 Å². The Labute approximate surface area is 157 Å². The van der Waals surface area contributed by atoms with Crippen molar-refractivity contribution in [3.8, 4) is 11.5 Å². The van der Waals surface area contributed by atoms with Gasteiger partial charge in [-0.25, -0.2) is 4.79 Å². The Morgan fingerprint density at radius 3 is 2.41 bits per heavy atom. The number of anilines is 2. The van der Waals surface area contributed by atoms with E-state index in [1.165, 1.54) is 0 Å². The molecule has 1 aliphatic heterocycles. The molecule has 0 unspecified atom stereocenters. The van der Waals surface area contributed by atoms with E-state index in [1.54, 1.807) is 33.3 Å². The largest absolute Gasteiger partial charge is 0.493 e. The van der Waals surface area contributed by atoms with E-state index in [-0.39, 0.29) is 5.97 Å². The third-order valence-corrected chi connectivity index (χ3v) is 4.49. The fourth-order valence-corrected chi connectivity index (χ4v) is 3.16. The fourth-order valence-electron chi connectivity index (χ4n) is 3.16. The molecule has 0 amide bonds. The summed E-state index contributed by atoms with van der Waals surface area (Å²) in [4.78, 5) is 13.9. The molecule has 0 spiro atoms. The molecule has 0 fully saturated rings. The lowest BCUT2D eigenvalue weighted by Gasteiger charge is -2.32. The van der Waals surface area contributed by atoms with Gasteiger partial charge < -0.3 is 24.3 Å². The monoisotopic (exact) mass is 370 g/mol. The van der Waals surface area contributed by atoms with Gasteiger partial charge in [-0.1, -0.05) is 5.16 Å². The SMILES string of the molecule is CCOC(=O)c1ccc(N2CC/C(=N\O)c3cc(OC)c(OC)cc32)cc1. The third kappa shape index (κ3) is 3.53. The van der Waals surface area contributed by atoms with Crippen LogP contribution >= 0.6 is 0 Å². The average molecular weight is 370 g/mol. The summed E-state index contributed by atoms with van der Waals surface area (Å²) in [6.07, 6.45) is 0.568. The van der Waals surface area contributed by atoms with Crippen LogP contribution in [0, 0.1) is 0 Å². The Balaban J connectivity index is 2.02. The van der Waals surface area contributed by atoms with E-state index in [2.05, 4.69) is 10.1 Å². The Morgan fingerprint density at radius 2 is 1.81 bits per heavy atom. The maximum atomic E-state index is 11.9. The highest BCUT2D eigenvalue weighted by Gasteiger charge is 2.26. The number of esters is 1. The Kier molecular flexibility index (Phi) is 5.49. The molecule has 0 saturated heterocycles. The second kappa shape index (κ2) is 7.99. The van der Waals surface area contributed by atoms with Crippen molar-refractivity contribution in [3.05, 3.63) is 47.5 Å². The molecule has 1 N–H and O–H groups in total. The van der Waals surface area contributed by atoms with Gasteiger partial charge in [0.2, 0.25) is 0 Å². The van der Waals surface area contributed by atoms with Gasteiger partial charge in [0.1, 0.15) is 0 Å². The molecular weight excluding hydrogens is 348 g/mol. The van der Waals surface area contributed by atoms with Gasteiger partial charge in [-0.15, -0.1) is 0 Å². The van der Waals surface area contributed by atoms with Gasteiger partial charge in [0.05, 0.1) is 37.8 Å². The predicted molar refractivity (Wildman–Crippen MR) is 102 cm³/mol. The van der Waals surface area contributed by atoms with Crippen molar-refractivity contribution in [3.63, 3.8) is 0 Å². The first-order chi connectivity index (χ1) is 13.1. The van der Waals surface area contributed by atoms with Gasteiger partial charge in [-0.3, -0.25) is 0 Å². The summed E-state index contributed by atoms with van der Waals surface area (Å²) in [5.41, 5.74) is 3.62. The van der Waals surface area contributed by atoms with Gasteiger partial charge >= 0.3 is 5.97 Å². The number of rotatable bonds is 5. The molecule has 0 bridgehead atoms. The van der Waals surface area contributed by atoms with Crippen LogP contribution in [-0.4, -0.2) is 44.3 Å². The molecule has 0 saturated carbocycles. The van der Waals surface area contributed by atoms with Crippen molar-refractivity contribution >= 4 is 23.1 Å². The van der Waals surface area contributed by atoms with E-state index in [0.717, 1.165) is 16.9 Å². The third-order valence-electron chi connectivity index (χ3n) is 4.49. The molecule has 7 heteroatoms. The lowest BCUT2D eigenvalue weighted by molar-refractivity contribution is 0.0526. The molecule has 1 heterocycles. The number of hydrogen-bond donors (Lipinski definition) is 1. The van der Waals surface area contributed by atoms with Gasteiger partial charge in [-0.2, -0.15) is 0 Å². The van der Waals surface area contributed by atoms with Gasteiger partial charge in [0, 0.05) is 30.3 Å². The Hall–Kier alpha value is -3.22. The number of benzene rings is 2. The van der Waals surface area contributed by atoms with E-state index in [4.69, 9.17) is 14.2 Å². The standard InChI is InChI=1S/C20H22N2O5/c1-4-27-20(23)13-5-7-14(8-6-13)22-10-9-16(21-24)15-11-18(25-2)19(26-3)12-17(15)22/h5-8,11-12,24H,4,9-10H2,1-3H3/b21-16+. The first-order valence-corrected chi connectivity index (χ1v) is 8.65. The van der Waals surface area contributed by atoms with E-state index >= 15 is 0 Å². The minimum Gasteiger partial charge on any atom is -0.493 e. The molecule has 1 aliphatic rings. The van der Waals surface area contributed by atoms with Gasteiger partial charge in [0.15, 0.2) is 11.5 Å². The minimum absolute atomic E-state index is 0.338. The number of nitrogens with zero attached hydrogens (tertiary/aromatic N) is 2. The molecule has 142 valence electrons. The molecular formula is C20H22N2O5. The van der Waals surface area contributed by atoms with Crippen LogP contribution < -0.4 is 14.4 Å². The highest BCUT2D eigenvalue weighted by atomic mass is 16.5. The van der Waals surface area contributed by atoms with Crippen LogP contribution in [0.25, 0.3) is 0 Å². The molecule has 0 radical (unpaired) electrons. The summed E-state index contributed by atoms with van der Waals surface area (Å²) >= 11 is 0. The number of methoxy groups -OCH3 is 2. The number of hydrogen-bond acceptors (Lipinski definition) is 7. The smallest absolute Gasteiger partial charge is 0.338 e.